The van der Waals surface area contributed by atoms with Crippen molar-refractivity contribution in [3.63, 3.8) is 0 Å². The minimum Gasteiger partial charge on any atom is -0.497 e. The van der Waals surface area contributed by atoms with E-state index >= 15 is 0 Å². The quantitative estimate of drug-likeness (QED) is 0.207. The largest absolute Gasteiger partial charge is 0.497 e. The molecule has 7 nitrogen and oxygen atoms in total. The predicted octanol–water partition coefficient (Wildman–Crippen LogP) is 1.73. The van der Waals surface area contributed by atoms with Crippen LogP contribution in [0.15, 0.2) is 29.3 Å². The summed E-state index contributed by atoms with van der Waals surface area (Å²) in [6.45, 7) is 4.13. The molecule has 148 valence electrons. The first-order valence-electron chi connectivity index (χ1n) is 8.44. The first kappa shape index (κ1) is 24.5. The molecule has 0 aliphatic heterocycles. The maximum atomic E-state index is 11.6. The van der Waals surface area contributed by atoms with Gasteiger partial charge in [0.25, 0.3) is 0 Å². The summed E-state index contributed by atoms with van der Waals surface area (Å²) in [6, 6.07) is 8.12. The van der Waals surface area contributed by atoms with Crippen molar-refractivity contribution in [2.75, 3.05) is 47.5 Å². The third-order valence-corrected chi connectivity index (χ3v) is 3.82. The molecule has 0 saturated heterocycles. The highest BCUT2D eigenvalue weighted by Crippen LogP contribution is 2.21. The number of carbonyl (C=O) groups excluding carboxylic acids is 1. The number of rotatable bonds is 10. The van der Waals surface area contributed by atoms with Gasteiger partial charge in [-0.3, -0.25) is 9.79 Å². The highest BCUT2D eigenvalue weighted by Gasteiger charge is 2.07. The zero-order valence-electron chi connectivity index (χ0n) is 16.0. The summed E-state index contributed by atoms with van der Waals surface area (Å²) in [5.74, 6) is 1.80. The Labute approximate surface area is 173 Å². The fourth-order valence-corrected chi connectivity index (χ4v) is 2.25. The van der Waals surface area contributed by atoms with Crippen molar-refractivity contribution in [1.82, 2.24) is 16.0 Å². The number of ether oxygens (including phenoxy) is 2. The third-order valence-electron chi connectivity index (χ3n) is 3.82. The van der Waals surface area contributed by atoms with Crippen LogP contribution in [0.25, 0.3) is 0 Å². The van der Waals surface area contributed by atoms with Gasteiger partial charge in [-0.05, 0) is 30.0 Å². The highest BCUT2D eigenvalue weighted by atomic mass is 127. The summed E-state index contributed by atoms with van der Waals surface area (Å²) in [5.41, 5.74) is 1.27. The zero-order chi connectivity index (χ0) is 18.5. The van der Waals surface area contributed by atoms with E-state index in [0.29, 0.717) is 25.0 Å². The van der Waals surface area contributed by atoms with E-state index in [4.69, 9.17) is 9.47 Å². The second kappa shape index (κ2) is 14.6. The number of amides is 1. The number of aliphatic imine (C=N–C) groups is 1. The van der Waals surface area contributed by atoms with E-state index in [1.54, 1.807) is 21.3 Å². The number of carbonyl (C=O) groups is 1. The first-order valence-corrected chi connectivity index (χ1v) is 8.44. The van der Waals surface area contributed by atoms with Crippen LogP contribution in [-0.2, 0) is 9.53 Å². The van der Waals surface area contributed by atoms with Gasteiger partial charge >= 0.3 is 0 Å². The van der Waals surface area contributed by atoms with Gasteiger partial charge in [0.15, 0.2) is 5.96 Å². The second-order valence-electron chi connectivity index (χ2n) is 5.66. The van der Waals surface area contributed by atoms with E-state index in [0.717, 1.165) is 18.7 Å². The average Bonchev–Trinajstić information content (AvgIpc) is 2.64. The number of nitrogens with zero attached hydrogens (tertiary/aromatic N) is 1. The maximum absolute atomic E-state index is 11.6. The molecule has 1 aromatic rings. The lowest BCUT2D eigenvalue weighted by Crippen LogP contribution is -2.44. The summed E-state index contributed by atoms with van der Waals surface area (Å²) < 4.78 is 10.1. The number of benzene rings is 1. The van der Waals surface area contributed by atoms with Crippen molar-refractivity contribution in [3.05, 3.63) is 29.8 Å². The highest BCUT2D eigenvalue weighted by molar-refractivity contribution is 14.0. The molecule has 0 radical (unpaired) electrons. The van der Waals surface area contributed by atoms with Crippen LogP contribution in [0.2, 0.25) is 0 Å². The van der Waals surface area contributed by atoms with Gasteiger partial charge in [-0.25, -0.2) is 0 Å². The molecule has 0 heterocycles. The molecular weight excluding hydrogens is 447 g/mol. The Morgan fingerprint density at radius 3 is 2.38 bits per heavy atom. The standard InChI is InChI=1S/C18H30N4O3.HI/c1-14(15-5-7-16(25-4)8-6-15)9-10-21-18(19-2)22-13-17(23)20-11-12-24-3;/h5-8,14H,9-13H2,1-4H3,(H,20,23)(H2,19,21,22);1H. The van der Waals surface area contributed by atoms with Gasteiger partial charge < -0.3 is 25.4 Å². The molecule has 26 heavy (non-hydrogen) atoms. The van der Waals surface area contributed by atoms with Crippen LogP contribution in [0, 0.1) is 0 Å². The second-order valence-corrected chi connectivity index (χ2v) is 5.66. The Balaban J connectivity index is 0.00000625. The van der Waals surface area contributed by atoms with Crippen LogP contribution in [0.3, 0.4) is 0 Å². The van der Waals surface area contributed by atoms with Crippen LogP contribution in [0.5, 0.6) is 5.75 Å². The van der Waals surface area contributed by atoms with E-state index < -0.39 is 0 Å². The van der Waals surface area contributed by atoms with Crippen molar-refractivity contribution in [2.45, 2.75) is 19.3 Å². The van der Waals surface area contributed by atoms with Crippen molar-refractivity contribution >= 4 is 35.8 Å². The molecular formula is C18H31IN4O3. The van der Waals surface area contributed by atoms with Gasteiger partial charge in [-0.2, -0.15) is 0 Å². The van der Waals surface area contributed by atoms with Crippen molar-refractivity contribution in [3.8, 4) is 5.75 Å². The minimum absolute atomic E-state index is 0. The Morgan fingerprint density at radius 1 is 1.12 bits per heavy atom. The molecule has 8 heteroatoms. The first-order chi connectivity index (χ1) is 12.1. The molecule has 1 aromatic carbocycles. The fourth-order valence-electron chi connectivity index (χ4n) is 2.25. The minimum atomic E-state index is -0.0911. The topological polar surface area (TPSA) is 84.0 Å². The lowest BCUT2D eigenvalue weighted by Gasteiger charge is -2.15. The summed E-state index contributed by atoms with van der Waals surface area (Å²) in [7, 11) is 4.95. The molecule has 3 N–H and O–H groups in total. The fraction of sp³-hybridized carbons (Fsp3) is 0.556. The smallest absolute Gasteiger partial charge is 0.239 e. The van der Waals surface area contributed by atoms with Gasteiger partial charge in [-0.15, -0.1) is 24.0 Å². The molecule has 0 saturated carbocycles. The Bertz CT molecular complexity index is 538. The summed E-state index contributed by atoms with van der Waals surface area (Å²) in [6.07, 6.45) is 0.951. The number of methoxy groups -OCH3 is 2. The van der Waals surface area contributed by atoms with Crippen LogP contribution >= 0.6 is 24.0 Å². The van der Waals surface area contributed by atoms with Crippen molar-refractivity contribution < 1.29 is 14.3 Å². The normalized spacial score (nSPS) is 11.9. The van der Waals surface area contributed by atoms with Crippen LogP contribution in [0.1, 0.15) is 24.8 Å². The molecule has 1 amide bonds. The monoisotopic (exact) mass is 478 g/mol. The van der Waals surface area contributed by atoms with Gasteiger partial charge in [0.05, 0.1) is 20.3 Å². The molecule has 0 aliphatic carbocycles. The summed E-state index contributed by atoms with van der Waals surface area (Å²) >= 11 is 0. The van der Waals surface area contributed by atoms with E-state index in [1.807, 2.05) is 12.1 Å². The number of halogens is 1. The van der Waals surface area contributed by atoms with Crippen molar-refractivity contribution in [2.24, 2.45) is 4.99 Å². The van der Waals surface area contributed by atoms with Crippen LogP contribution in [-0.4, -0.2) is 59.4 Å². The van der Waals surface area contributed by atoms with Crippen molar-refractivity contribution in [1.29, 1.82) is 0 Å². The number of hydrogen-bond acceptors (Lipinski definition) is 4. The van der Waals surface area contributed by atoms with Crippen LogP contribution < -0.4 is 20.7 Å². The number of guanidine groups is 1. The molecule has 1 rings (SSSR count). The molecule has 1 unspecified atom stereocenters. The Kier molecular flexibility index (Phi) is 13.7. The molecule has 0 fully saturated rings. The maximum Gasteiger partial charge on any atom is 0.239 e. The lowest BCUT2D eigenvalue weighted by atomic mass is 9.98. The van der Waals surface area contributed by atoms with Crippen LogP contribution in [0.4, 0.5) is 0 Å². The molecule has 0 aromatic heterocycles. The van der Waals surface area contributed by atoms with E-state index in [-0.39, 0.29) is 36.4 Å². The molecule has 1 atom stereocenters. The summed E-state index contributed by atoms with van der Waals surface area (Å²) in [5, 5.41) is 8.97. The molecule has 0 bridgehead atoms. The van der Waals surface area contributed by atoms with E-state index in [9.17, 15) is 4.79 Å². The zero-order valence-corrected chi connectivity index (χ0v) is 18.3. The Morgan fingerprint density at radius 2 is 1.81 bits per heavy atom. The molecule has 0 spiro atoms. The molecule has 0 aliphatic rings. The lowest BCUT2D eigenvalue weighted by molar-refractivity contribution is -0.120. The number of hydrogen-bond donors (Lipinski definition) is 3. The van der Waals surface area contributed by atoms with E-state index in [2.05, 4.69) is 40.0 Å². The number of nitrogens with one attached hydrogen (secondary N) is 3. The third kappa shape index (κ3) is 9.81. The van der Waals surface area contributed by atoms with Gasteiger partial charge in [0.2, 0.25) is 5.91 Å². The SMILES string of the molecule is CN=C(NCCC(C)c1ccc(OC)cc1)NCC(=O)NCCOC.I. The van der Waals surface area contributed by atoms with Gasteiger partial charge in [-0.1, -0.05) is 19.1 Å². The Hall–Kier alpha value is -1.55. The summed E-state index contributed by atoms with van der Waals surface area (Å²) in [4.78, 5) is 15.8. The average molecular weight is 478 g/mol. The van der Waals surface area contributed by atoms with Gasteiger partial charge in [0.1, 0.15) is 5.75 Å². The van der Waals surface area contributed by atoms with Gasteiger partial charge in [0, 0.05) is 27.2 Å². The van der Waals surface area contributed by atoms with E-state index in [1.165, 1.54) is 5.56 Å². The predicted molar refractivity (Wildman–Crippen MR) is 116 cm³/mol.